The van der Waals surface area contributed by atoms with Gasteiger partial charge < -0.3 is 24.8 Å². The first-order valence-corrected chi connectivity index (χ1v) is 12.2. The number of rotatable bonds is 5. The summed E-state index contributed by atoms with van der Waals surface area (Å²) in [5.41, 5.74) is 1.56. The predicted molar refractivity (Wildman–Crippen MR) is 136 cm³/mol. The molecular formula is C27H34N6O2. The molecule has 0 spiro atoms. The number of aliphatic imine (C=N–C) groups is 1. The maximum absolute atomic E-state index is 13.1. The van der Waals surface area contributed by atoms with Gasteiger partial charge in [-0.3, -0.25) is 4.79 Å². The Kier molecular flexibility index (Phi) is 7.88. The second kappa shape index (κ2) is 11.2. The summed E-state index contributed by atoms with van der Waals surface area (Å²) in [4.78, 5) is 24.0. The summed E-state index contributed by atoms with van der Waals surface area (Å²) in [6, 6.07) is 17.7. The zero-order valence-electron chi connectivity index (χ0n) is 20.6. The maximum Gasteiger partial charge on any atom is 0.255 e. The van der Waals surface area contributed by atoms with Gasteiger partial charge in [0.05, 0.1) is 12.7 Å². The molecule has 8 heteroatoms. The number of carbonyl (C=O) groups excluding carboxylic acids is 1. The lowest BCUT2D eigenvalue weighted by Gasteiger charge is -2.45. The predicted octanol–water partition coefficient (Wildman–Crippen LogP) is 2.54. The van der Waals surface area contributed by atoms with Crippen molar-refractivity contribution in [3.05, 3.63) is 65.7 Å². The number of benzene rings is 2. The largest absolute Gasteiger partial charge is 0.496 e. The third-order valence-electron chi connectivity index (χ3n) is 7.26. The average molecular weight is 475 g/mol. The molecule has 8 nitrogen and oxygen atoms in total. The smallest absolute Gasteiger partial charge is 0.255 e. The zero-order chi connectivity index (χ0) is 24.7. The van der Waals surface area contributed by atoms with E-state index < -0.39 is 0 Å². The molecule has 0 saturated carbocycles. The number of ether oxygens (including phenoxy) is 1. The van der Waals surface area contributed by atoms with Crippen molar-refractivity contribution in [3.63, 3.8) is 0 Å². The summed E-state index contributed by atoms with van der Waals surface area (Å²) in [6.45, 7) is 5.72. The van der Waals surface area contributed by atoms with Crippen LogP contribution in [-0.4, -0.2) is 86.5 Å². The van der Waals surface area contributed by atoms with Gasteiger partial charge >= 0.3 is 0 Å². The van der Waals surface area contributed by atoms with E-state index in [2.05, 4.69) is 56.3 Å². The maximum atomic E-state index is 13.1. The monoisotopic (exact) mass is 474 g/mol. The second-order valence-corrected chi connectivity index (χ2v) is 9.32. The number of hydrogen-bond acceptors (Lipinski definition) is 5. The number of nitrogens with one attached hydrogen (secondary N) is 1. The lowest BCUT2D eigenvalue weighted by molar-refractivity contribution is 0.0927. The fourth-order valence-corrected chi connectivity index (χ4v) is 5.06. The van der Waals surface area contributed by atoms with E-state index in [9.17, 15) is 10.1 Å². The van der Waals surface area contributed by atoms with Crippen LogP contribution in [0.25, 0.3) is 0 Å². The molecular weight excluding hydrogens is 440 g/mol. The van der Waals surface area contributed by atoms with Crippen molar-refractivity contribution < 1.29 is 9.53 Å². The Labute approximate surface area is 207 Å². The Morgan fingerprint density at radius 1 is 1.00 bits per heavy atom. The van der Waals surface area contributed by atoms with Gasteiger partial charge in [0.1, 0.15) is 5.75 Å². The Morgan fingerprint density at radius 3 is 2.29 bits per heavy atom. The van der Waals surface area contributed by atoms with Crippen molar-refractivity contribution in [2.24, 2.45) is 4.99 Å². The highest BCUT2D eigenvalue weighted by atomic mass is 16.5. The van der Waals surface area contributed by atoms with Crippen LogP contribution in [0, 0.1) is 11.5 Å². The highest BCUT2D eigenvalue weighted by Gasteiger charge is 2.38. The lowest BCUT2D eigenvalue weighted by Crippen LogP contribution is -2.56. The van der Waals surface area contributed by atoms with Crippen molar-refractivity contribution in [2.45, 2.75) is 18.3 Å². The Bertz CT molecular complexity index is 1060. The van der Waals surface area contributed by atoms with Crippen LogP contribution in [0.1, 0.15) is 28.8 Å². The molecule has 2 saturated heterocycles. The molecule has 0 unspecified atom stereocenters. The molecule has 35 heavy (non-hydrogen) atoms. The number of nitriles is 1. The molecule has 4 rings (SSSR count). The van der Waals surface area contributed by atoms with Crippen molar-refractivity contribution in [2.75, 3.05) is 60.0 Å². The Morgan fingerprint density at radius 2 is 1.63 bits per heavy atom. The molecule has 2 aromatic carbocycles. The van der Waals surface area contributed by atoms with Gasteiger partial charge in [-0.2, -0.15) is 5.26 Å². The number of piperidine rings is 1. The van der Waals surface area contributed by atoms with Crippen molar-refractivity contribution in [3.8, 4) is 11.9 Å². The van der Waals surface area contributed by atoms with E-state index in [0.29, 0.717) is 17.9 Å². The van der Waals surface area contributed by atoms with Gasteiger partial charge in [0.2, 0.25) is 12.2 Å². The molecule has 0 bridgehead atoms. The molecule has 0 atom stereocenters. The second-order valence-electron chi connectivity index (χ2n) is 9.32. The normalized spacial score (nSPS) is 18.6. The van der Waals surface area contributed by atoms with Gasteiger partial charge in [0, 0.05) is 51.2 Å². The number of carbonyl (C=O) groups is 1. The van der Waals surface area contributed by atoms with Crippen LogP contribution in [0.2, 0.25) is 0 Å². The molecule has 1 amide bonds. The Balaban J connectivity index is 1.50. The first-order valence-electron chi connectivity index (χ1n) is 12.2. The minimum Gasteiger partial charge on any atom is -0.496 e. The number of para-hydroxylation sites is 1. The van der Waals surface area contributed by atoms with E-state index in [4.69, 9.17) is 4.74 Å². The summed E-state index contributed by atoms with van der Waals surface area (Å²) in [5.74, 6) is 1.21. The molecule has 184 valence electrons. The molecule has 0 aromatic heterocycles. The molecule has 2 fully saturated rings. The standard InChI is InChI=1S/C27H34N6O2/c1-31-16-18-33(19-17-31)26(30-21-28)32-14-12-27(13-15-32,22-8-4-3-5-9-22)20-29-25(34)23-10-6-7-11-24(23)35-2/h3-11H,12-20H2,1-2H3,(H,29,34)/b30-26+. The summed E-state index contributed by atoms with van der Waals surface area (Å²) in [6.07, 6.45) is 3.71. The number of guanidine groups is 1. The molecule has 2 aromatic rings. The van der Waals surface area contributed by atoms with Crippen LogP contribution in [0.3, 0.4) is 0 Å². The van der Waals surface area contributed by atoms with Crippen molar-refractivity contribution >= 4 is 11.9 Å². The fraction of sp³-hybridized carbons (Fsp3) is 0.444. The number of methoxy groups -OCH3 is 1. The number of nitrogens with zero attached hydrogens (tertiary/aromatic N) is 5. The van der Waals surface area contributed by atoms with Crippen LogP contribution < -0.4 is 10.1 Å². The third kappa shape index (κ3) is 5.57. The number of hydrogen-bond donors (Lipinski definition) is 1. The summed E-state index contributed by atoms with van der Waals surface area (Å²) < 4.78 is 5.38. The van der Waals surface area contributed by atoms with Crippen LogP contribution in [0.15, 0.2) is 59.6 Å². The van der Waals surface area contributed by atoms with E-state index in [1.54, 1.807) is 19.2 Å². The highest BCUT2D eigenvalue weighted by Crippen LogP contribution is 2.35. The number of amides is 1. The highest BCUT2D eigenvalue weighted by molar-refractivity contribution is 5.97. The molecule has 1 N–H and O–H groups in total. The Hall–Kier alpha value is -3.57. The first kappa shape index (κ1) is 24.6. The van der Waals surface area contributed by atoms with Crippen molar-refractivity contribution in [1.82, 2.24) is 20.0 Å². The summed E-state index contributed by atoms with van der Waals surface area (Å²) in [7, 11) is 3.70. The van der Waals surface area contributed by atoms with Crippen LogP contribution in [-0.2, 0) is 5.41 Å². The van der Waals surface area contributed by atoms with Crippen LogP contribution in [0.5, 0.6) is 5.75 Å². The SMILES string of the molecule is COc1ccccc1C(=O)NCC1(c2ccccc2)CCN(/C(=N\C#N)N2CCN(C)CC2)CC1. The van der Waals surface area contributed by atoms with Gasteiger partial charge in [-0.05, 0) is 37.6 Å². The number of likely N-dealkylation sites (N-methyl/N-ethyl adjacent to an activating group) is 1. The minimum atomic E-state index is -0.199. The number of likely N-dealkylation sites (tertiary alicyclic amines) is 1. The van der Waals surface area contributed by atoms with E-state index in [1.807, 2.05) is 24.4 Å². The average Bonchev–Trinajstić information content (AvgIpc) is 2.92. The molecule has 2 heterocycles. The molecule has 2 aliphatic rings. The molecule has 0 aliphatic carbocycles. The third-order valence-corrected chi connectivity index (χ3v) is 7.26. The zero-order valence-corrected chi connectivity index (χ0v) is 20.6. The lowest BCUT2D eigenvalue weighted by atomic mass is 9.72. The summed E-state index contributed by atoms with van der Waals surface area (Å²) >= 11 is 0. The summed E-state index contributed by atoms with van der Waals surface area (Å²) in [5, 5.41) is 12.6. The van der Waals surface area contributed by atoms with E-state index >= 15 is 0 Å². The van der Waals surface area contributed by atoms with Crippen molar-refractivity contribution in [1.29, 1.82) is 5.26 Å². The topological polar surface area (TPSA) is 84.2 Å². The van der Waals surface area contributed by atoms with Gasteiger partial charge in [0.15, 0.2) is 0 Å². The first-order chi connectivity index (χ1) is 17.1. The van der Waals surface area contributed by atoms with Gasteiger partial charge in [-0.1, -0.05) is 42.5 Å². The fourth-order valence-electron chi connectivity index (χ4n) is 5.06. The van der Waals surface area contributed by atoms with Crippen LogP contribution >= 0.6 is 0 Å². The van der Waals surface area contributed by atoms with Crippen LogP contribution in [0.4, 0.5) is 0 Å². The molecule has 0 radical (unpaired) electrons. The van der Waals surface area contributed by atoms with E-state index in [1.165, 1.54) is 5.56 Å². The van der Waals surface area contributed by atoms with E-state index in [-0.39, 0.29) is 11.3 Å². The van der Waals surface area contributed by atoms with Gasteiger partial charge in [0.25, 0.3) is 5.91 Å². The van der Waals surface area contributed by atoms with E-state index in [0.717, 1.165) is 58.1 Å². The molecule has 2 aliphatic heterocycles. The number of piperazine rings is 1. The van der Waals surface area contributed by atoms with Gasteiger partial charge in [-0.15, -0.1) is 4.99 Å². The van der Waals surface area contributed by atoms with Gasteiger partial charge in [-0.25, -0.2) is 0 Å². The quantitative estimate of drug-likeness (QED) is 0.407. The minimum absolute atomic E-state index is 0.135.